The van der Waals surface area contributed by atoms with Crippen molar-refractivity contribution in [2.24, 2.45) is 5.41 Å². The van der Waals surface area contributed by atoms with E-state index in [-0.39, 0.29) is 17.5 Å². The Balaban J connectivity index is 1.87. The SMILES string of the molecule is Cc1ccccc1C=C1Oc2cc(OC(=O)C(C)(C)C)ccc2C1=O. The number of ketones is 1. The summed E-state index contributed by atoms with van der Waals surface area (Å²) in [6.07, 6.45) is 1.73. The Morgan fingerprint density at radius 3 is 2.52 bits per heavy atom. The molecule has 2 aromatic rings. The van der Waals surface area contributed by atoms with Crippen molar-refractivity contribution < 1.29 is 19.1 Å². The van der Waals surface area contributed by atoms with Crippen molar-refractivity contribution in [1.82, 2.24) is 0 Å². The Kier molecular flexibility index (Phi) is 4.21. The molecule has 0 atom stereocenters. The summed E-state index contributed by atoms with van der Waals surface area (Å²) in [6.45, 7) is 7.33. The molecule has 0 saturated carbocycles. The first kappa shape index (κ1) is 17.0. The number of Topliss-reactive ketones (excluding diaryl/α,β-unsaturated/α-hetero) is 1. The van der Waals surface area contributed by atoms with E-state index in [1.807, 2.05) is 31.2 Å². The van der Waals surface area contributed by atoms with Crippen LogP contribution in [0.5, 0.6) is 11.5 Å². The molecule has 0 amide bonds. The predicted molar refractivity (Wildman–Crippen MR) is 95.6 cm³/mol. The van der Waals surface area contributed by atoms with Gasteiger partial charge in [-0.05, 0) is 57.0 Å². The summed E-state index contributed by atoms with van der Waals surface area (Å²) >= 11 is 0. The van der Waals surface area contributed by atoms with E-state index in [9.17, 15) is 9.59 Å². The van der Waals surface area contributed by atoms with Gasteiger partial charge in [-0.2, -0.15) is 0 Å². The van der Waals surface area contributed by atoms with E-state index in [0.29, 0.717) is 17.1 Å². The van der Waals surface area contributed by atoms with Crippen LogP contribution in [0.4, 0.5) is 0 Å². The topological polar surface area (TPSA) is 52.6 Å². The zero-order valence-corrected chi connectivity index (χ0v) is 14.8. The molecule has 25 heavy (non-hydrogen) atoms. The zero-order chi connectivity index (χ0) is 18.2. The van der Waals surface area contributed by atoms with Crippen LogP contribution in [0.15, 0.2) is 48.2 Å². The van der Waals surface area contributed by atoms with E-state index in [1.54, 1.807) is 45.0 Å². The number of rotatable bonds is 2. The van der Waals surface area contributed by atoms with Crippen LogP contribution in [0.3, 0.4) is 0 Å². The maximum atomic E-state index is 12.5. The Hall–Kier alpha value is -2.88. The fourth-order valence-corrected chi connectivity index (χ4v) is 2.38. The number of carbonyl (C=O) groups excluding carboxylic acids is 2. The van der Waals surface area contributed by atoms with E-state index >= 15 is 0 Å². The summed E-state index contributed by atoms with van der Waals surface area (Å²) in [7, 11) is 0. The number of fused-ring (bicyclic) bond motifs is 1. The Morgan fingerprint density at radius 2 is 1.84 bits per heavy atom. The van der Waals surface area contributed by atoms with E-state index < -0.39 is 5.41 Å². The molecular formula is C21H20O4. The van der Waals surface area contributed by atoms with Crippen molar-refractivity contribution in [3.63, 3.8) is 0 Å². The average molecular weight is 336 g/mol. The number of benzene rings is 2. The average Bonchev–Trinajstić information content (AvgIpc) is 2.84. The van der Waals surface area contributed by atoms with E-state index in [0.717, 1.165) is 11.1 Å². The lowest BCUT2D eigenvalue weighted by atomic mass is 9.97. The largest absolute Gasteiger partial charge is 0.452 e. The minimum Gasteiger partial charge on any atom is -0.452 e. The molecule has 0 fully saturated rings. The predicted octanol–water partition coefficient (Wildman–Crippen LogP) is 4.56. The summed E-state index contributed by atoms with van der Waals surface area (Å²) in [5.41, 5.74) is 1.85. The van der Waals surface area contributed by atoms with Crippen LogP contribution in [0.25, 0.3) is 6.08 Å². The van der Waals surface area contributed by atoms with Crippen LogP contribution in [0.1, 0.15) is 42.3 Å². The molecule has 0 bridgehead atoms. The molecular weight excluding hydrogens is 316 g/mol. The van der Waals surface area contributed by atoms with Gasteiger partial charge >= 0.3 is 5.97 Å². The number of hydrogen-bond acceptors (Lipinski definition) is 4. The maximum absolute atomic E-state index is 12.5. The third kappa shape index (κ3) is 3.48. The molecule has 0 N–H and O–H groups in total. The van der Waals surface area contributed by atoms with Crippen molar-refractivity contribution in [2.75, 3.05) is 0 Å². The molecule has 1 heterocycles. The van der Waals surface area contributed by atoms with E-state index in [4.69, 9.17) is 9.47 Å². The minimum absolute atomic E-state index is 0.174. The first-order valence-electron chi connectivity index (χ1n) is 8.12. The highest BCUT2D eigenvalue weighted by Gasteiger charge is 2.29. The molecule has 0 aromatic heterocycles. The fourth-order valence-electron chi connectivity index (χ4n) is 2.38. The molecule has 0 saturated heterocycles. The molecule has 0 spiro atoms. The molecule has 3 rings (SSSR count). The second-order valence-corrected chi connectivity index (χ2v) is 7.09. The van der Waals surface area contributed by atoms with Crippen LogP contribution in [-0.2, 0) is 4.79 Å². The number of esters is 1. The van der Waals surface area contributed by atoms with Crippen molar-refractivity contribution >= 4 is 17.8 Å². The summed E-state index contributed by atoms with van der Waals surface area (Å²) in [5, 5.41) is 0. The lowest BCUT2D eigenvalue weighted by Crippen LogP contribution is -2.25. The van der Waals surface area contributed by atoms with Crippen LogP contribution in [0, 0.1) is 12.3 Å². The van der Waals surface area contributed by atoms with Crippen LogP contribution in [0.2, 0.25) is 0 Å². The zero-order valence-electron chi connectivity index (χ0n) is 14.8. The number of allylic oxidation sites excluding steroid dienone is 1. The van der Waals surface area contributed by atoms with Crippen molar-refractivity contribution in [1.29, 1.82) is 0 Å². The van der Waals surface area contributed by atoms with Gasteiger partial charge in [0.2, 0.25) is 5.78 Å². The second kappa shape index (κ2) is 6.20. The molecule has 1 aliphatic heterocycles. The summed E-state index contributed by atoms with van der Waals surface area (Å²) in [5.74, 6) is 0.524. The lowest BCUT2D eigenvalue weighted by Gasteiger charge is -2.16. The number of carbonyl (C=O) groups is 2. The van der Waals surface area contributed by atoms with Gasteiger partial charge in [0.1, 0.15) is 11.5 Å². The Morgan fingerprint density at radius 1 is 1.12 bits per heavy atom. The van der Waals surface area contributed by atoms with Gasteiger partial charge in [0, 0.05) is 6.07 Å². The van der Waals surface area contributed by atoms with Gasteiger partial charge < -0.3 is 9.47 Å². The molecule has 2 aromatic carbocycles. The van der Waals surface area contributed by atoms with Crippen molar-refractivity contribution in [3.05, 3.63) is 64.9 Å². The Labute approximate surface area is 147 Å². The summed E-state index contributed by atoms with van der Waals surface area (Å²) < 4.78 is 11.1. The molecule has 4 nitrogen and oxygen atoms in total. The lowest BCUT2D eigenvalue weighted by molar-refractivity contribution is -0.143. The summed E-state index contributed by atoms with van der Waals surface area (Å²) in [6, 6.07) is 12.6. The van der Waals surface area contributed by atoms with E-state index in [2.05, 4.69) is 0 Å². The quantitative estimate of drug-likeness (QED) is 0.458. The second-order valence-electron chi connectivity index (χ2n) is 7.09. The van der Waals surface area contributed by atoms with Crippen LogP contribution in [-0.4, -0.2) is 11.8 Å². The molecule has 0 unspecified atom stereocenters. The van der Waals surface area contributed by atoms with E-state index in [1.165, 1.54) is 0 Å². The highest BCUT2D eigenvalue weighted by molar-refractivity contribution is 6.14. The first-order valence-corrected chi connectivity index (χ1v) is 8.12. The smallest absolute Gasteiger partial charge is 0.316 e. The molecule has 128 valence electrons. The third-order valence-electron chi connectivity index (χ3n) is 3.94. The van der Waals surface area contributed by atoms with Gasteiger partial charge in [0.15, 0.2) is 5.76 Å². The number of ether oxygens (including phenoxy) is 2. The van der Waals surface area contributed by atoms with Crippen molar-refractivity contribution in [3.8, 4) is 11.5 Å². The standard InChI is InChI=1S/C21H20O4/c1-13-7-5-6-8-14(13)11-18-19(22)16-10-9-15(12-17(16)25-18)24-20(23)21(2,3)4/h5-12H,1-4H3. The van der Waals surface area contributed by atoms with Gasteiger partial charge in [-0.15, -0.1) is 0 Å². The number of aryl methyl sites for hydroxylation is 1. The first-order chi connectivity index (χ1) is 11.8. The van der Waals surface area contributed by atoms with Crippen LogP contribution >= 0.6 is 0 Å². The van der Waals surface area contributed by atoms with Gasteiger partial charge in [0.05, 0.1) is 11.0 Å². The maximum Gasteiger partial charge on any atom is 0.316 e. The Bertz CT molecular complexity index is 885. The number of hydrogen-bond donors (Lipinski definition) is 0. The molecule has 0 radical (unpaired) electrons. The molecule has 1 aliphatic rings. The fraction of sp³-hybridized carbons (Fsp3) is 0.238. The summed E-state index contributed by atoms with van der Waals surface area (Å²) in [4.78, 5) is 24.5. The highest BCUT2D eigenvalue weighted by Crippen LogP contribution is 2.35. The third-order valence-corrected chi connectivity index (χ3v) is 3.94. The minimum atomic E-state index is -0.606. The highest BCUT2D eigenvalue weighted by atomic mass is 16.5. The van der Waals surface area contributed by atoms with Gasteiger partial charge in [0.25, 0.3) is 0 Å². The monoisotopic (exact) mass is 336 g/mol. The van der Waals surface area contributed by atoms with Crippen LogP contribution < -0.4 is 9.47 Å². The van der Waals surface area contributed by atoms with Gasteiger partial charge in [-0.25, -0.2) is 0 Å². The normalized spacial score (nSPS) is 15.0. The molecule has 4 heteroatoms. The van der Waals surface area contributed by atoms with Crippen molar-refractivity contribution in [2.45, 2.75) is 27.7 Å². The van der Waals surface area contributed by atoms with Gasteiger partial charge in [-0.1, -0.05) is 24.3 Å². The molecule has 0 aliphatic carbocycles. The van der Waals surface area contributed by atoms with Gasteiger partial charge in [-0.3, -0.25) is 9.59 Å².